The maximum atomic E-state index is 12.7. The van der Waals surface area contributed by atoms with E-state index in [0.29, 0.717) is 4.68 Å². The molecule has 1 aromatic rings. The summed E-state index contributed by atoms with van der Waals surface area (Å²) in [6, 6.07) is -0.928. The number of hydrogen-bond acceptors (Lipinski definition) is 5. The van der Waals surface area contributed by atoms with E-state index in [0.717, 1.165) is 0 Å². The van der Waals surface area contributed by atoms with Crippen molar-refractivity contribution in [2.75, 3.05) is 11.5 Å². The summed E-state index contributed by atoms with van der Waals surface area (Å²) in [4.78, 5) is 9.41. The van der Waals surface area contributed by atoms with Gasteiger partial charge in [-0.05, 0) is 6.42 Å². The lowest BCUT2D eigenvalue weighted by Gasteiger charge is -2.08. The Balaban J connectivity index is 2.54. The first-order valence-corrected chi connectivity index (χ1v) is 7.43. The van der Waals surface area contributed by atoms with Gasteiger partial charge in [-0.15, -0.1) is 0 Å². The van der Waals surface area contributed by atoms with E-state index in [-0.39, 0.29) is 12.2 Å². The van der Waals surface area contributed by atoms with Gasteiger partial charge >= 0.3 is 11.9 Å². The second-order valence-corrected chi connectivity index (χ2v) is 6.83. The first kappa shape index (κ1) is 15.0. The van der Waals surface area contributed by atoms with Gasteiger partial charge in [-0.2, -0.15) is 18.3 Å². The summed E-state index contributed by atoms with van der Waals surface area (Å²) in [5, 5.41) is 13.0. The highest BCUT2D eigenvalue weighted by Gasteiger charge is 2.46. The molecule has 2 rings (SSSR count). The predicted molar refractivity (Wildman–Crippen MR) is 61.2 cm³/mol. The summed E-state index contributed by atoms with van der Waals surface area (Å²) in [6.07, 6.45) is -5.03. The minimum Gasteiger partial charge on any atom is -0.258 e. The third-order valence-electron chi connectivity index (χ3n) is 2.83. The molecule has 0 spiro atoms. The van der Waals surface area contributed by atoms with Crippen LogP contribution in [0.15, 0.2) is 0 Å². The van der Waals surface area contributed by atoms with Gasteiger partial charge in [-0.1, -0.05) is 11.6 Å². The van der Waals surface area contributed by atoms with Crippen molar-refractivity contribution in [3.8, 4) is 0 Å². The summed E-state index contributed by atoms with van der Waals surface area (Å²) >= 11 is 5.57. The molecule has 1 saturated heterocycles. The van der Waals surface area contributed by atoms with Crippen molar-refractivity contribution in [2.45, 2.75) is 18.6 Å². The summed E-state index contributed by atoms with van der Waals surface area (Å²) in [5.74, 6) is -0.661. The van der Waals surface area contributed by atoms with E-state index in [4.69, 9.17) is 11.6 Å². The average molecular weight is 334 g/mol. The molecule has 20 heavy (non-hydrogen) atoms. The quantitative estimate of drug-likeness (QED) is 0.607. The van der Waals surface area contributed by atoms with Crippen molar-refractivity contribution >= 4 is 27.1 Å². The van der Waals surface area contributed by atoms with E-state index in [9.17, 15) is 31.7 Å². The minimum atomic E-state index is -5.05. The zero-order valence-corrected chi connectivity index (χ0v) is 11.2. The SMILES string of the molecule is O=[N+]([O-])c1c(C(F)(F)F)nn(C2CCS(=O)(=O)C2)c1Cl. The van der Waals surface area contributed by atoms with Crippen molar-refractivity contribution in [1.29, 1.82) is 0 Å². The molecule has 2 heterocycles. The van der Waals surface area contributed by atoms with Crippen molar-refractivity contribution in [1.82, 2.24) is 9.78 Å². The fourth-order valence-corrected chi connectivity index (χ4v) is 3.99. The van der Waals surface area contributed by atoms with Gasteiger partial charge in [0.05, 0.1) is 22.5 Å². The third-order valence-corrected chi connectivity index (χ3v) is 4.94. The molecule has 0 amide bonds. The topological polar surface area (TPSA) is 95.1 Å². The minimum absolute atomic E-state index is 0.0121. The third kappa shape index (κ3) is 2.59. The number of rotatable bonds is 2. The van der Waals surface area contributed by atoms with Crippen molar-refractivity contribution in [2.24, 2.45) is 0 Å². The van der Waals surface area contributed by atoms with Gasteiger partial charge in [0.1, 0.15) is 0 Å². The molecule has 0 saturated carbocycles. The summed E-state index contributed by atoms with van der Waals surface area (Å²) < 4.78 is 61.2. The molecule has 12 heteroatoms. The molecule has 1 aromatic heterocycles. The zero-order chi connectivity index (χ0) is 15.3. The van der Waals surface area contributed by atoms with Gasteiger partial charge in [0.15, 0.2) is 9.84 Å². The first-order valence-electron chi connectivity index (χ1n) is 5.23. The van der Waals surface area contributed by atoms with Crippen LogP contribution in [0.5, 0.6) is 0 Å². The average Bonchev–Trinajstić information content (AvgIpc) is 2.77. The maximum absolute atomic E-state index is 12.7. The molecule has 0 aliphatic carbocycles. The lowest BCUT2D eigenvalue weighted by Crippen LogP contribution is -2.14. The summed E-state index contributed by atoms with van der Waals surface area (Å²) in [6.45, 7) is 0. The van der Waals surface area contributed by atoms with Crippen LogP contribution in [-0.4, -0.2) is 34.6 Å². The van der Waals surface area contributed by atoms with E-state index in [1.54, 1.807) is 0 Å². The number of sulfone groups is 1. The van der Waals surface area contributed by atoms with Crippen LogP contribution in [0.1, 0.15) is 18.2 Å². The Hall–Kier alpha value is -1.36. The molecule has 0 N–H and O–H groups in total. The molecule has 112 valence electrons. The normalized spacial score (nSPS) is 22.1. The second-order valence-electron chi connectivity index (χ2n) is 4.24. The fraction of sp³-hybridized carbons (Fsp3) is 0.625. The Morgan fingerprint density at radius 3 is 2.40 bits per heavy atom. The van der Waals surface area contributed by atoms with Gasteiger partial charge in [-0.25, -0.2) is 13.1 Å². The summed E-state index contributed by atoms with van der Waals surface area (Å²) in [5.41, 5.74) is -3.08. The van der Waals surface area contributed by atoms with Crippen LogP contribution in [0.25, 0.3) is 0 Å². The Labute approximate surface area is 115 Å². The van der Waals surface area contributed by atoms with Crippen LogP contribution < -0.4 is 0 Å². The highest BCUT2D eigenvalue weighted by Crippen LogP contribution is 2.41. The molecule has 0 aromatic carbocycles. The van der Waals surface area contributed by atoms with Crippen molar-refractivity contribution in [3.63, 3.8) is 0 Å². The van der Waals surface area contributed by atoms with Gasteiger partial charge in [0, 0.05) is 0 Å². The molecule has 7 nitrogen and oxygen atoms in total. The van der Waals surface area contributed by atoms with E-state index in [2.05, 4.69) is 5.10 Å². The fourth-order valence-electron chi connectivity index (χ4n) is 1.97. The lowest BCUT2D eigenvalue weighted by atomic mass is 10.3. The highest BCUT2D eigenvalue weighted by atomic mass is 35.5. The Morgan fingerprint density at radius 2 is 2.05 bits per heavy atom. The largest absolute Gasteiger partial charge is 0.442 e. The smallest absolute Gasteiger partial charge is 0.258 e. The Bertz CT molecular complexity index is 669. The Kier molecular flexibility index (Phi) is 3.45. The van der Waals surface area contributed by atoms with Crippen LogP contribution in [0, 0.1) is 10.1 Å². The van der Waals surface area contributed by atoms with Crippen molar-refractivity contribution < 1.29 is 26.5 Å². The van der Waals surface area contributed by atoms with Crippen LogP contribution >= 0.6 is 11.6 Å². The first-order chi connectivity index (χ1) is 9.03. The van der Waals surface area contributed by atoms with Crippen LogP contribution in [0.4, 0.5) is 18.9 Å². The van der Waals surface area contributed by atoms with E-state index in [1.165, 1.54) is 0 Å². The van der Waals surface area contributed by atoms with Crippen LogP contribution in [-0.2, 0) is 16.0 Å². The van der Waals surface area contributed by atoms with E-state index in [1.807, 2.05) is 0 Å². The molecule has 1 fully saturated rings. The number of alkyl halides is 3. The summed E-state index contributed by atoms with van der Waals surface area (Å²) in [7, 11) is -3.39. The van der Waals surface area contributed by atoms with E-state index < -0.39 is 49.3 Å². The monoisotopic (exact) mass is 333 g/mol. The molecule has 1 atom stereocenters. The molecule has 1 aliphatic heterocycles. The standard InChI is InChI=1S/C8H7ClF3N3O4S/c9-7-5(15(16)17)6(8(10,11)12)13-14(7)4-1-2-20(18,19)3-4/h4H,1-3H2. The van der Waals surface area contributed by atoms with E-state index >= 15 is 0 Å². The molecule has 1 unspecified atom stereocenters. The predicted octanol–water partition coefficient (Wildman–Crippen LogP) is 1.82. The van der Waals surface area contributed by atoms with Crippen LogP contribution in [0.2, 0.25) is 5.15 Å². The number of halogens is 4. The number of aromatic nitrogens is 2. The van der Waals surface area contributed by atoms with Gasteiger partial charge in [-0.3, -0.25) is 10.1 Å². The van der Waals surface area contributed by atoms with Gasteiger partial charge in [0.2, 0.25) is 10.8 Å². The van der Waals surface area contributed by atoms with Gasteiger partial charge in [0.25, 0.3) is 0 Å². The maximum Gasteiger partial charge on any atom is 0.442 e. The second kappa shape index (κ2) is 4.58. The molecular weight excluding hydrogens is 327 g/mol. The molecular formula is C8H7ClF3N3O4S. The molecule has 0 bridgehead atoms. The Morgan fingerprint density at radius 1 is 1.45 bits per heavy atom. The lowest BCUT2D eigenvalue weighted by molar-refractivity contribution is -0.388. The van der Waals surface area contributed by atoms with Crippen LogP contribution in [0.3, 0.4) is 0 Å². The molecule has 0 radical (unpaired) electrons. The number of hydrogen-bond donors (Lipinski definition) is 0. The highest BCUT2D eigenvalue weighted by molar-refractivity contribution is 7.91. The number of nitrogens with zero attached hydrogens (tertiary/aromatic N) is 3. The number of nitro groups is 1. The van der Waals surface area contributed by atoms with Crippen molar-refractivity contribution in [3.05, 3.63) is 21.0 Å². The van der Waals surface area contributed by atoms with Gasteiger partial charge < -0.3 is 0 Å². The zero-order valence-electron chi connectivity index (χ0n) is 9.59. The molecule has 1 aliphatic rings.